The van der Waals surface area contributed by atoms with Gasteiger partial charge in [-0.3, -0.25) is 4.79 Å². The summed E-state index contributed by atoms with van der Waals surface area (Å²) in [6, 6.07) is 10.2. The maximum Gasteiger partial charge on any atom is 0.221 e. The third-order valence-corrected chi connectivity index (χ3v) is 4.48. The van der Waals surface area contributed by atoms with Gasteiger partial charge in [-0.2, -0.15) is 0 Å². The smallest absolute Gasteiger partial charge is 0.221 e. The van der Waals surface area contributed by atoms with Crippen molar-refractivity contribution >= 4 is 29.3 Å². The number of nitrogens with one attached hydrogen (secondary N) is 1. The predicted molar refractivity (Wildman–Crippen MR) is 89.7 cm³/mol. The molecule has 0 aliphatic heterocycles. The van der Waals surface area contributed by atoms with Crippen LogP contribution in [0, 0.1) is 11.6 Å². The molecule has 1 N–H and O–H groups in total. The largest absolute Gasteiger partial charge is 0.349 e. The molecular formula is C17H16ClF2NOS. The van der Waals surface area contributed by atoms with Crippen LogP contribution in [0.15, 0.2) is 47.4 Å². The monoisotopic (exact) mass is 355 g/mol. The highest BCUT2D eigenvalue weighted by Crippen LogP contribution is 2.21. The topological polar surface area (TPSA) is 29.1 Å². The molecule has 0 bridgehead atoms. The second-order valence-electron chi connectivity index (χ2n) is 5.01. The summed E-state index contributed by atoms with van der Waals surface area (Å²) in [6.45, 7) is 1.67. The lowest BCUT2D eigenvalue weighted by atomic mass is 10.1. The molecule has 2 aromatic rings. The van der Waals surface area contributed by atoms with Crippen LogP contribution in [0.2, 0.25) is 5.02 Å². The maximum absolute atomic E-state index is 13.7. The molecule has 0 radical (unpaired) electrons. The predicted octanol–water partition coefficient (Wildman–Crippen LogP) is 4.98. The van der Waals surface area contributed by atoms with Crippen LogP contribution in [0.5, 0.6) is 0 Å². The molecule has 2 nitrogen and oxygen atoms in total. The Balaban J connectivity index is 1.81. The minimum absolute atomic E-state index is 0.178. The van der Waals surface area contributed by atoms with Gasteiger partial charge in [0.2, 0.25) is 5.91 Å². The number of amides is 1. The average molecular weight is 356 g/mol. The zero-order valence-corrected chi connectivity index (χ0v) is 14.1. The molecule has 1 amide bonds. The highest BCUT2D eigenvalue weighted by atomic mass is 35.5. The number of hydrogen-bond donors (Lipinski definition) is 1. The maximum atomic E-state index is 13.7. The first-order valence-corrected chi connectivity index (χ1v) is 8.45. The average Bonchev–Trinajstić information content (AvgIpc) is 2.49. The molecule has 0 saturated heterocycles. The van der Waals surface area contributed by atoms with E-state index in [9.17, 15) is 13.6 Å². The molecule has 2 aromatic carbocycles. The Labute approximate surface area is 143 Å². The second kappa shape index (κ2) is 8.31. The summed E-state index contributed by atoms with van der Waals surface area (Å²) in [5.41, 5.74) is 0.269. The molecule has 0 spiro atoms. The number of carbonyl (C=O) groups is 1. The van der Waals surface area contributed by atoms with E-state index in [1.54, 1.807) is 30.8 Å². The summed E-state index contributed by atoms with van der Waals surface area (Å²) in [7, 11) is 0. The van der Waals surface area contributed by atoms with Crippen LogP contribution in [0.25, 0.3) is 0 Å². The lowest BCUT2D eigenvalue weighted by molar-refractivity contribution is -0.121. The highest BCUT2D eigenvalue weighted by molar-refractivity contribution is 7.99. The summed E-state index contributed by atoms with van der Waals surface area (Å²) in [4.78, 5) is 12.9. The van der Waals surface area contributed by atoms with E-state index in [1.807, 2.05) is 12.1 Å². The molecule has 2 rings (SSSR count). The van der Waals surface area contributed by atoms with Crippen molar-refractivity contribution in [3.8, 4) is 0 Å². The van der Waals surface area contributed by atoms with Gasteiger partial charge in [-0.05, 0) is 37.3 Å². The van der Waals surface area contributed by atoms with Gasteiger partial charge in [0, 0.05) is 33.7 Å². The minimum atomic E-state index is -0.659. The third kappa shape index (κ3) is 5.52. The van der Waals surface area contributed by atoms with E-state index in [-0.39, 0.29) is 11.5 Å². The lowest BCUT2D eigenvalue weighted by Crippen LogP contribution is -2.27. The van der Waals surface area contributed by atoms with Crippen molar-refractivity contribution in [3.63, 3.8) is 0 Å². The first kappa shape index (κ1) is 17.8. The standard InChI is InChI=1S/C17H16ClF2NOS/c1-11(15-7-4-13(19)10-16(15)20)21-17(22)8-9-23-14-5-2-12(18)3-6-14/h2-7,10-11H,8-9H2,1H3,(H,21,22)/t11-/m1/s1. The molecule has 23 heavy (non-hydrogen) atoms. The van der Waals surface area contributed by atoms with Gasteiger partial charge < -0.3 is 5.32 Å². The van der Waals surface area contributed by atoms with Crippen molar-refractivity contribution in [2.75, 3.05) is 5.75 Å². The summed E-state index contributed by atoms with van der Waals surface area (Å²) >= 11 is 7.35. The molecule has 0 fully saturated rings. The molecule has 1 atom stereocenters. The van der Waals surface area contributed by atoms with Crippen LogP contribution >= 0.6 is 23.4 Å². The van der Waals surface area contributed by atoms with E-state index >= 15 is 0 Å². The zero-order valence-electron chi connectivity index (χ0n) is 12.5. The van der Waals surface area contributed by atoms with Gasteiger partial charge in [0.05, 0.1) is 6.04 Å². The minimum Gasteiger partial charge on any atom is -0.349 e. The van der Waals surface area contributed by atoms with E-state index in [0.29, 0.717) is 17.2 Å². The van der Waals surface area contributed by atoms with Crippen LogP contribution in [0.4, 0.5) is 8.78 Å². The molecule has 0 heterocycles. The van der Waals surface area contributed by atoms with Crippen molar-refractivity contribution in [2.24, 2.45) is 0 Å². The summed E-state index contributed by atoms with van der Waals surface area (Å²) in [5.74, 6) is -0.869. The lowest BCUT2D eigenvalue weighted by Gasteiger charge is -2.15. The number of carbonyl (C=O) groups excluding carboxylic acids is 1. The number of hydrogen-bond acceptors (Lipinski definition) is 2. The fourth-order valence-corrected chi connectivity index (χ4v) is 3.01. The Morgan fingerprint density at radius 3 is 2.57 bits per heavy atom. The highest BCUT2D eigenvalue weighted by Gasteiger charge is 2.14. The second-order valence-corrected chi connectivity index (χ2v) is 6.61. The van der Waals surface area contributed by atoms with Gasteiger partial charge in [-0.15, -0.1) is 11.8 Å². The number of benzene rings is 2. The fraction of sp³-hybridized carbons (Fsp3) is 0.235. The summed E-state index contributed by atoms with van der Waals surface area (Å²) in [5, 5.41) is 3.38. The van der Waals surface area contributed by atoms with Gasteiger partial charge in [-0.25, -0.2) is 8.78 Å². The summed E-state index contributed by atoms with van der Waals surface area (Å²) in [6.07, 6.45) is 0.306. The SMILES string of the molecule is C[C@@H](NC(=O)CCSc1ccc(Cl)cc1)c1ccc(F)cc1F. The van der Waals surface area contributed by atoms with Crippen LogP contribution in [-0.2, 0) is 4.79 Å². The van der Waals surface area contributed by atoms with E-state index in [4.69, 9.17) is 11.6 Å². The van der Waals surface area contributed by atoms with Gasteiger partial charge in [0.1, 0.15) is 11.6 Å². The first-order chi connectivity index (χ1) is 11.0. The van der Waals surface area contributed by atoms with Crippen LogP contribution in [0.3, 0.4) is 0 Å². The van der Waals surface area contributed by atoms with Crippen molar-refractivity contribution in [1.82, 2.24) is 5.32 Å². The van der Waals surface area contributed by atoms with Crippen LogP contribution < -0.4 is 5.32 Å². The molecule has 122 valence electrons. The molecular weight excluding hydrogens is 340 g/mol. The number of thioether (sulfide) groups is 1. The normalized spacial score (nSPS) is 12.0. The van der Waals surface area contributed by atoms with Crippen molar-refractivity contribution in [2.45, 2.75) is 24.3 Å². The van der Waals surface area contributed by atoms with Crippen molar-refractivity contribution < 1.29 is 13.6 Å². The van der Waals surface area contributed by atoms with Gasteiger partial charge in [0.15, 0.2) is 0 Å². The van der Waals surface area contributed by atoms with Crippen LogP contribution in [-0.4, -0.2) is 11.7 Å². The van der Waals surface area contributed by atoms with Gasteiger partial charge in [0.25, 0.3) is 0 Å². The summed E-state index contributed by atoms with van der Waals surface area (Å²) < 4.78 is 26.5. The number of rotatable bonds is 6. The Morgan fingerprint density at radius 2 is 1.91 bits per heavy atom. The van der Waals surface area contributed by atoms with Crippen LogP contribution in [0.1, 0.15) is 24.9 Å². The van der Waals surface area contributed by atoms with E-state index < -0.39 is 17.7 Å². The molecule has 0 aliphatic rings. The van der Waals surface area contributed by atoms with Crippen molar-refractivity contribution in [1.29, 1.82) is 0 Å². The molecule has 0 aromatic heterocycles. The van der Waals surface area contributed by atoms with Gasteiger partial charge in [-0.1, -0.05) is 17.7 Å². The Morgan fingerprint density at radius 1 is 1.22 bits per heavy atom. The van der Waals surface area contributed by atoms with E-state index in [0.717, 1.165) is 11.0 Å². The van der Waals surface area contributed by atoms with E-state index in [2.05, 4.69) is 5.32 Å². The quantitative estimate of drug-likeness (QED) is 0.740. The molecule has 0 unspecified atom stereocenters. The fourth-order valence-electron chi connectivity index (χ4n) is 2.04. The molecule has 0 saturated carbocycles. The third-order valence-electron chi connectivity index (χ3n) is 3.22. The Bertz CT molecular complexity index is 679. The Hall–Kier alpha value is -1.59. The molecule has 0 aliphatic carbocycles. The van der Waals surface area contributed by atoms with Gasteiger partial charge >= 0.3 is 0 Å². The van der Waals surface area contributed by atoms with Crippen molar-refractivity contribution in [3.05, 3.63) is 64.7 Å². The zero-order chi connectivity index (χ0) is 16.8. The number of halogens is 3. The Kier molecular flexibility index (Phi) is 6.42. The van der Waals surface area contributed by atoms with E-state index in [1.165, 1.54) is 12.1 Å². The first-order valence-electron chi connectivity index (χ1n) is 7.08. The molecule has 6 heteroatoms.